The number of carboxylic acids is 1. The molecule has 1 saturated carbocycles. The average molecular weight is 156 g/mol. The van der Waals surface area contributed by atoms with Crippen LogP contribution in [0.25, 0.3) is 0 Å². The summed E-state index contributed by atoms with van der Waals surface area (Å²) in [5, 5.41) is 8.82. The lowest BCUT2D eigenvalue weighted by Crippen LogP contribution is -2.44. The van der Waals surface area contributed by atoms with Gasteiger partial charge < -0.3 is 9.84 Å². The van der Waals surface area contributed by atoms with E-state index in [1.54, 1.807) is 0 Å². The first-order valence-corrected chi connectivity index (χ1v) is 3.90. The van der Waals surface area contributed by atoms with Crippen molar-refractivity contribution in [2.75, 3.05) is 0 Å². The van der Waals surface area contributed by atoms with Gasteiger partial charge in [0.2, 0.25) is 0 Å². The highest BCUT2D eigenvalue weighted by molar-refractivity contribution is 5.80. The van der Waals surface area contributed by atoms with Gasteiger partial charge in [0.25, 0.3) is 0 Å². The van der Waals surface area contributed by atoms with Gasteiger partial charge >= 0.3 is 5.97 Å². The summed E-state index contributed by atoms with van der Waals surface area (Å²) in [6.45, 7) is 3.94. The molecule has 0 radical (unpaired) electrons. The molecule has 3 rings (SSSR count). The van der Waals surface area contributed by atoms with Crippen molar-refractivity contribution in [3.05, 3.63) is 0 Å². The van der Waals surface area contributed by atoms with Gasteiger partial charge in [-0.1, -0.05) is 0 Å². The van der Waals surface area contributed by atoms with Crippen LogP contribution >= 0.6 is 0 Å². The molecule has 2 heterocycles. The Kier molecular flexibility index (Phi) is 1.04. The van der Waals surface area contributed by atoms with Gasteiger partial charge in [-0.2, -0.15) is 0 Å². The molecule has 0 aromatic rings. The van der Waals surface area contributed by atoms with Crippen molar-refractivity contribution in [3.63, 3.8) is 0 Å². The second kappa shape index (κ2) is 1.61. The smallest absolute Gasteiger partial charge is 0.336 e. The fourth-order valence-corrected chi connectivity index (χ4v) is 2.12. The van der Waals surface area contributed by atoms with Crippen LogP contribution in [0.4, 0.5) is 0 Å². The molecule has 3 heteroatoms. The number of aliphatic carboxylic acids is 1. The molecule has 2 saturated heterocycles. The first-order chi connectivity index (χ1) is 4.96. The average Bonchev–Trinajstić information content (AvgIpc) is 2.11. The van der Waals surface area contributed by atoms with Gasteiger partial charge in [0.05, 0.1) is 5.60 Å². The van der Waals surface area contributed by atoms with Crippen molar-refractivity contribution in [1.29, 1.82) is 0 Å². The van der Waals surface area contributed by atoms with E-state index in [0.717, 1.165) is 0 Å². The predicted octanol–water partition coefficient (Wildman–Crippen LogP) is 1.03. The highest BCUT2D eigenvalue weighted by Crippen LogP contribution is 2.57. The minimum atomic E-state index is -0.811. The Morgan fingerprint density at radius 2 is 2.09 bits per heavy atom. The van der Waals surface area contributed by atoms with Crippen LogP contribution < -0.4 is 0 Å². The van der Waals surface area contributed by atoms with Gasteiger partial charge in [-0.05, 0) is 32.6 Å². The summed E-state index contributed by atoms with van der Waals surface area (Å²) in [5.74, 6) is -0.335. The molecular formula is C8H12O3. The first kappa shape index (κ1) is 7.10. The van der Waals surface area contributed by atoms with Crippen molar-refractivity contribution in [2.24, 2.45) is 5.92 Å². The van der Waals surface area contributed by atoms with Gasteiger partial charge in [0.15, 0.2) is 5.60 Å². The van der Waals surface area contributed by atoms with Crippen LogP contribution in [0.15, 0.2) is 0 Å². The molecule has 0 aromatic carbocycles. The minimum absolute atomic E-state index is 0.210. The molecule has 2 aliphatic heterocycles. The second-order valence-electron chi connectivity index (χ2n) is 4.11. The topological polar surface area (TPSA) is 46.5 Å². The van der Waals surface area contributed by atoms with E-state index in [0.29, 0.717) is 18.8 Å². The van der Waals surface area contributed by atoms with Gasteiger partial charge in [0.1, 0.15) is 0 Å². The summed E-state index contributed by atoms with van der Waals surface area (Å²) in [5.41, 5.74) is -1.02. The van der Waals surface area contributed by atoms with Gasteiger partial charge in [-0.15, -0.1) is 0 Å². The molecule has 0 aromatic heterocycles. The Balaban J connectivity index is 2.23. The van der Waals surface area contributed by atoms with Crippen LogP contribution in [0.2, 0.25) is 0 Å². The molecule has 0 atom stereocenters. The van der Waals surface area contributed by atoms with E-state index >= 15 is 0 Å². The van der Waals surface area contributed by atoms with Crippen LogP contribution in [0.3, 0.4) is 0 Å². The number of fused-ring (bicyclic) bond motifs is 1. The van der Waals surface area contributed by atoms with E-state index in [4.69, 9.17) is 9.84 Å². The third kappa shape index (κ3) is 0.692. The number of carbonyl (C=O) groups is 1. The normalized spacial score (nSPS) is 45.1. The number of ether oxygens (including phenoxy) is 1. The van der Waals surface area contributed by atoms with Crippen molar-refractivity contribution in [3.8, 4) is 0 Å². The minimum Gasteiger partial charge on any atom is -0.479 e. The van der Waals surface area contributed by atoms with Gasteiger partial charge in [-0.25, -0.2) is 4.79 Å². The number of rotatable bonds is 1. The molecule has 3 fully saturated rings. The highest BCUT2D eigenvalue weighted by atomic mass is 16.6. The third-order valence-electron chi connectivity index (χ3n) is 2.98. The summed E-state index contributed by atoms with van der Waals surface area (Å²) in [6.07, 6.45) is 1.41. The van der Waals surface area contributed by atoms with E-state index in [9.17, 15) is 4.79 Å². The fraction of sp³-hybridized carbons (Fsp3) is 0.875. The SMILES string of the molecule is CC1(C)OC2(C(=O)O)CC1C2. The summed E-state index contributed by atoms with van der Waals surface area (Å²) >= 11 is 0. The van der Waals surface area contributed by atoms with E-state index in [1.807, 2.05) is 13.8 Å². The highest BCUT2D eigenvalue weighted by Gasteiger charge is 2.65. The summed E-state index contributed by atoms with van der Waals surface area (Å²) in [7, 11) is 0. The Hall–Kier alpha value is -0.570. The summed E-state index contributed by atoms with van der Waals surface area (Å²) in [6, 6.07) is 0. The van der Waals surface area contributed by atoms with Crippen molar-refractivity contribution in [2.45, 2.75) is 37.9 Å². The van der Waals surface area contributed by atoms with Crippen molar-refractivity contribution >= 4 is 5.97 Å². The Morgan fingerprint density at radius 1 is 1.55 bits per heavy atom. The molecule has 62 valence electrons. The molecule has 11 heavy (non-hydrogen) atoms. The number of hydrogen-bond acceptors (Lipinski definition) is 2. The zero-order chi connectivity index (χ0) is 8.28. The maximum absolute atomic E-state index is 10.7. The van der Waals surface area contributed by atoms with Gasteiger partial charge in [-0.3, -0.25) is 0 Å². The number of carboxylic acid groups (broad SMARTS) is 1. The van der Waals surface area contributed by atoms with Crippen molar-refractivity contribution < 1.29 is 14.6 Å². The Morgan fingerprint density at radius 3 is 2.27 bits per heavy atom. The van der Waals surface area contributed by atoms with Crippen LogP contribution in [0.1, 0.15) is 26.7 Å². The maximum atomic E-state index is 10.7. The standard InChI is InChI=1S/C8H12O3/c1-7(2)5-3-8(4-5,11-7)6(9)10/h5H,3-4H2,1-2H3,(H,9,10). The zero-order valence-electron chi connectivity index (χ0n) is 6.76. The molecule has 0 amide bonds. The lowest BCUT2D eigenvalue weighted by Gasteiger charge is -2.31. The molecule has 3 nitrogen and oxygen atoms in total. The van der Waals surface area contributed by atoms with E-state index in [-0.39, 0.29) is 5.60 Å². The predicted molar refractivity (Wildman–Crippen MR) is 38.3 cm³/mol. The molecule has 3 aliphatic rings. The van der Waals surface area contributed by atoms with Gasteiger partial charge in [0, 0.05) is 0 Å². The van der Waals surface area contributed by atoms with E-state index < -0.39 is 11.6 Å². The monoisotopic (exact) mass is 156 g/mol. The van der Waals surface area contributed by atoms with Crippen LogP contribution in [-0.4, -0.2) is 22.3 Å². The fourth-order valence-electron chi connectivity index (χ4n) is 2.12. The van der Waals surface area contributed by atoms with Crippen LogP contribution in [-0.2, 0) is 9.53 Å². The Labute approximate surface area is 65.4 Å². The summed E-state index contributed by atoms with van der Waals surface area (Å²) < 4.78 is 5.47. The quantitative estimate of drug-likeness (QED) is 0.616. The molecule has 1 aliphatic carbocycles. The summed E-state index contributed by atoms with van der Waals surface area (Å²) in [4.78, 5) is 10.7. The molecule has 1 N–H and O–H groups in total. The van der Waals surface area contributed by atoms with E-state index in [2.05, 4.69) is 0 Å². The molecule has 2 bridgehead atoms. The molecular weight excluding hydrogens is 144 g/mol. The van der Waals surface area contributed by atoms with Crippen LogP contribution in [0.5, 0.6) is 0 Å². The maximum Gasteiger partial charge on any atom is 0.336 e. The molecule has 0 spiro atoms. The molecule has 0 unspecified atom stereocenters. The number of hydrogen-bond donors (Lipinski definition) is 1. The Bertz CT molecular complexity index is 213. The van der Waals surface area contributed by atoms with Crippen molar-refractivity contribution in [1.82, 2.24) is 0 Å². The lowest BCUT2D eigenvalue weighted by atomic mass is 9.69. The largest absolute Gasteiger partial charge is 0.479 e. The zero-order valence-corrected chi connectivity index (χ0v) is 6.76. The lowest BCUT2D eigenvalue weighted by molar-refractivity contribution is -0.167. The second-order valence-corrected chi connectivity index (χ2v) is 4.11. The third-order valence-corrected chi connectivity index (χ3v) is 2.98. The van der Waals surface area contributed by atoms with E-state index in [1.165, 1.54) is 0 Å². The van der Waals surface area contributed by atoms with Crippen LogP contribution in [0, 0.1) is 5.92 Å². The first-order valence-electron chi connectivity index (χ1n) is 3.90.